The van der Waals surface area contributed by atoms with Gasteiger partial charge in [-0.15, -0.1) is 0 Å². The van der Waals surface area contributed by atoms with E-state index in [4.69, 9.17) is 5.73 Å². The number of anilines is 2. The average molecular weight is 350 g/mol. The smallest absolute Gasteiger partial charge is 0.274 e. The van der Waals surface area contributed by atoms with Crippen molar-refractivity contribution in [3.63, 3.8) is 0 Å². The number of nitro benzene ring substituents is 1. The maximum absolute atomic E-state index is 12.2. The Bertz CT molecular complexity index is 731. The van der Waals surface area contributed by atoms with E-state index in [1.54, 1.807) is 31.2 Å². The van der Waals surface area contributed by atoms with Crippen LogP contribution < -0.4 is 11.1 Å². The monoisotopic (exact) mass is 349 g/mol. The summed E-state index contributed by atoms with van der Waals surface area (Å²) >= 11 is 3.27. The molecule has 0 atom stereocenters. The molecule has 0 saturated carbocycles. The zero-order valence-corrected chi connectivity index (χ0v) is 12.7. The fourth-order valence-electron chi connectivity index (χ4n) is 1.87. The molecular formula is C14H12BrN3O3. The maximum Gasteiger partial charge on any atom is 0.274 e. The van der Waals surface area contributed by atoms with Crippen LogP contribution in [0.2, 0.25) is 0 Å². The van der Waals surface area contributed by atoms with Crippen LogP contribution in [-0.4, -0.2) is 10.8 Å². The molecule has 2 aromatic carbocycles. The second-order valence-electron chi connectivity index (χ2n) is 4.39. The molecular weight excluding hydrogens is 338 g/mol. The van der Waals surface area contributed by atoms with Crippen molar-refractivity contribution in [1.29, 1.82) is 0 Å². The lowest BCUT2D eigenvalue weighted by Crippen LogP contribution is -2.15. The summed E-state index contributed by atoms with van der Waals surface area (Å²) in [4.78, 5) is 22.6. The van der Waals surface area contributed by atoms with Crippen molar-refractivity contribution < 1.29 is 9.72 Å². The number of nitrogen functional groups attached to an aromatic ring is 1. The van der Waals surface area contributed by atoms with Gasteiger partial charge in [0.25, 0.3) is 11.6 Å². The quantitative estimate of drug-likeness (QED) is 0.503. The van der Waals surface area contributed by atoms with Gasteiger partial charge in [0.1, 0.15) is 0 Å². The average Bonchev–Trinajstić information content (AvgIpc) is 2.43. The summed E-state index contributed by atoms with van der Waals surface area (Å²) < 4.78 is 0.720. The standard InChI is InChI=1S/C14H12BrN3O3/c1-8-12(3-2-4-13(8)18(20)21)17-14(19)10-7-9(15)5-6-11(10)16/h2-7H,16H2,1H3,(H,17,19). The molecule has 21 heavy (non-hydrogen) atoms. The van der Waals surface area contributed by atoms with Gasteiger partial charge in [-0.3, -0.25) is 14.9 Å². The van der Waals surface area contributed by atoms with E-state index in [0.717, 1.165) is 4.47 Å². The fraction of sp³-hybridized carbons (Fsp3) is 0.0714. The van der Waals surface area contributed by atoms with Gasteiger partial charge in [0, 0.05) is 16.2 Å². The number of nitrogens with one attached hydrogen (secondary N) is 1. The number of amides is 1. The summed E-state index contributed by atoms with van der Waals surface area (Å²) in [6, 6.07) is 9.44. The van der Waals surface area contributed by atoms with Crippen LogP contribution in [0.5, 0.6) is 0 Å². The Balaban J connectivity index is 2.34. The second kappa shape index (κ2) is 5.92. The number of rotatable bonds is 3. The number of carbonyl (C=O) groups excluding carboxylic acids is 1. The van der Waals surface area contributed by atoms with Gasteiger partial charge in [-0.2, -0.15) is 0 Å². The van der Waals surface area contributed by atoms with Crippen molar-refractivity contribution in [3.8, 4) is 0 Å². The van der Waals surface area contributed by atoms with Crippen molar-refractivity contribution in [2.24, 2.45) is 0 Å². The molecule has 2 rings (SSSR count). The second-order valence-corrected chi connectivity index (χ2v) is 5.31. The van der Waals surface area contributed by atoms with Crippen molar-refractivity contribution in [3.05, 3.63) is 62.1 Å². The Morgan fingerprint density at radius 1 is 1.33 bits per heavy atom. The maximum atomic E-state index is 12.2. The molecule has 6 nitrogen and oxygen atoms in total. The number of hydrogen-bond donors (Lipinski definition) is 2. The van der Waals surface area contributed by atoms with E-state index in [2.05, 4.69) is 21.2 Å². The minimum atomic E-state index is -0.488. The summed E-state index contributed by atoms with van der Waals surface area (Å²) in [6.07, 6.45) is 0. The molecule has 0 aliphatic heterocycles. The topological polar surface area (TPSA) is 98.3 Å². The van der Waals surface area contributed by atoms with Crippen molar-refractivity contribution >= 4 is 38.9 Å². The molecule has 0 fully saturated rings. The van der Waals surface area contributed by atoms with Gasteiger partial charge < -0.3 is 11.1 Å². The Hall–Kier alpha value is -2.41. The van der Waals surface area contributed by atoms with E-state index in [1.165, 1.54) is 12.1 Å². The lowest BCUT2D eigenvalue weighted by molar-refractivity contribution is -0.385. The molecule has 1 amide bonds. The first-order valence-corrected chi connectivity index (χ1v) is 6.80. The molecule has 0 radical (unpaired) electrons. The predicted molar refractivity (Wildman–Crippen MR) is 84.3 cm³/mol. The third-order valence-electron chi connectivity index (χ3n) is 3.01. The SMILES string of the molecule is Cc1c(NC(=O)c2cc(Br)ccc2N)cccc1[N+](=O)[O-]. The first-order valence-electron chi connectivity index (χ1n) is 6.00. The van der Waals surface area contributed by atoms with Crippen LogP contribution in [0.1, 0.15) is 15.9 Å². The van der Waals surface area contributed by atoms with E-state index in [-0.39, 0.29) is 5.69 Å². The highest BCUT2D eigenvalue weighted by atomic mass is 79.9. The number of hydrogen-bond acceptors (Lipinski definition) is 4. The van der Waals surface area contributed by atoms with Gasteiger partial charge in [-0.25, -0.2) is 0 Å². The molecule has 108 valence electrons. The van der Waals surface area contributed by atoms with Gasteiger partial charge >= 0.3 is 0 Å². The van der Waals surface area contributed by atoms with Crippen LogP contribution in [0.15, 0.2) is 40.9 Å². The minimum absolute atomic E-state index is 0.0463. The molecule has 0 aliphatic rings. The molecule has 0 bridgehead atoms. The third kappa shape index (κ3) is 3.19. The lowest BCUT2D eigenvalue weighted by Gasteiger charge is -2.10. The van der Waals surface area contributed by atoms with E-state index >= 15 is 0 Å². The zero-order chi connectivity index (χ0) is 15.6. The molecule has 7 heteroatoms. The first kappa shape index (κ1) is 15.0. The first-order chi connectivity index (χ1) is 9.90. The van der Waals surface area contributed by atoms with E-state index in [1.807, 2.05) is 0 Å². The zero-order valence-electron chi connectivity index (χ0n) is 11.1. The van der Waals surface area contributed by atoms with Crippen LogP contribution in [-0.2, 0) is 0 Å². The summed E-state index contributed by atoms with van der Waals surface area (Å²) in [5, 5.41) is 13.5. The molecule has 0 spiro atoms. The normalized spacial score (nSPS) is 10.2. The van der Waals surface area contributed by atoms with Gasteiger partial charge in [-0.05, 0) is 31.2 Å². The summed E-state index contributed by atoms with van der Waals surface area (Å²) in [5.41, 5.74) is 7.13. The Kier molecular flexibility index (Phi) is 4.23. The summed E-state index contributed by atoms with van der Waals surface area (Å²) in [6.45, 7) is 1.58. The van der Waals surface area contributed by atoms with Crippen LogP contribution in [0, 0.1) is 17.0 Å². The summed E-state index contributed by atoms with van der Waals surface area (Å²) in [7, 11) is 0. The van der Waals surface area contributed by atoms with Gasteiger partial charge in [0.05, 0.1) is 21.7 Å². The minimum Gasteiger partial charge on any atom is -0.398 e. The molecule has 0 aromatic heterocycles. The van der Waals surface area contributed by atoms with Crippen molar-refractivity contribution in [2.45, 2.75) is 6.92 Å². The third-order valence-corrected chi connectivity index (χ3v) is 3.50. The molecule has 2 aromatic rings. The molecule has 0 saturated heterocycles. The van der Waals surface area contributed by atoms with E-state index < -0.39 is 10.8 Å². The van der Waals surface area contributed by atoms with Crippen LogP contribution in [0.3, 0.4) is 0 Å². The van der Waals surface area contributed by atoms with E-state index in [0.29, 0.717) is 22.5 Å². The van der Waals surface area contributed by atoms with Crippen molar-refractivity contribution in [1.82, 2.24) is 0 Å². The fourth-order valence-corrected chi connectivity index (χ4v) is 2.23. The number of benzene rings is 2. The predicted octanol–water partition coefficient (Wildman–Crippen LogP) is 3.50. The van der Waals surface area contributed by atoms with Gasteiger partial charge in [0.2, 0.25) is 0 Å². The lowest BCUT2D eigenvalue weighted by atomic mass is 10.1. The highest BCUT2D eigenvalue weighted by Gasteiger charge is 2.16. The number of nitrogens with two attached hydrogens (primary N) is 1. The highest BCUT2D eigenvalue weighted by Crippen LogP contribution is 2.26. The molecule has 0 aliphatic carbocycles. The highest BCUT2D eigenvalue weighted by molar-refractivity contribution is 9.10. The summed E-state index contributed by atoms with van der Waals surface area (Å²) in [5.74, 6) is -0.419. The number of nitro groups is 1. The van der Waals surface area contributed by atoms with Crippen LogP contribution in [0.4, 0.5) is 17.1 Å². The number of carbonyl (C=O) groups is 1. The van der Waals surface area contributed by atoms with Crippen LogP contribution in [0.25, 0.3) is 0 Å². The molecule has 0 unspecified atom stereocenters. The van der Waals surface area contributed by atoms with Crippen LogP contribution >= 0.6 is 15.9 Å². The van der Waals surface area contributed by atoms with Gasteiger partial charge in [-0.1, -0.05) is 22.0 Å². The Morgan fingerprint density at radius 2 is 2.05 bits per heavy atom. The largest absolute Gasteiger partial charge is 0.398 e. The van der Waals surface area contributed by atoms with Crippen molar-refractivity contribution in [2.75, 3.05) is 11.1 Å². The number of nitrogens with zero attached hydrogens (tertiary/aromatic N) is 1. The Labute approximate surface area is 129 Å². The van der Waals surface area contributed by atoms with Gasteiger partial charge in [0.15, 0.2) is 0 Å². The molecule has 3 N–H and O–H groups in total. The number of halogens is 1. The Morgan fingerprint density at radius 3 is 2.71 bits per heavy atom. The molecule has 0 heterocycles. The van der Waals surface area contributed by atoms with E-state index in [9.17, 15) is 14.9 Å².